The van der Waals surface area contributed by atoms with Gasteiger partial charge in [0, 0.05) is 6.42 Å². The summed E-state index contributed by atoms with van der Waals surface area (Å²) in [5.74, 6) is 2.05. The predicted octanol–water partition coefficient (Wildman–Crippen LogP) is 5.85. The van der Waals surface area contributed by atoms with Gasteiger partial charge in [0.05, 0.1) is 0 Å². The zero-order valence-electron chi connectivity index (χ0n) is 14.3. The highest BCUT2D eigenvalue weighted by molar-refractivity contribution is 5.27. The van der Waals surface area contributed by atoms with Crippen molar-refractivity contribution in [3.63, 3.8) is 0 Å². The smallest absolute Gasteiger partial charge is 0.119 e. The molecule has 1 nitrogen and oxygen atoms in total. The van der Waals surface area contributed by atoms with Gasteiger partial charge in [0.15, 0.2) is 0 Å². The van der Waals surface area contributed by atoms with Crippen LogP contribution in [0.3, 0.4) is 0 Å². The van der Waals surface area contributed by atoms with Gasteiger partial charge in [-0.1, -0.05) is 70.2 Å². The van der Waals surface area contributed by atoms with Crippen LogP contribution in [0.15, 0.2) is 54.6 Å². The number of benzene rings is 2. The van der Waals surface area contributed by atoms with Gasteiger partial charge >= 0.3 is 0 Å². The fourth-order valence-corrected chi connectivity index (χ4v) is 2.58. The van der Waals surface area contributed by atoms with E-state index < -0.39 is 0 Å². The summed E-state index contributed by atoms with van der Waals surface area (Å²) in [7, 11) is 0. The van der Waals surface area contributed by atoms with Crippen LogP contribution in [-0.4, -0.2) is 6.10 Å². The molecule has 118 valence electrons. The van der Waals surface area contributed by atoms with Crippen molar-refractivity contribution in [3.05, 3.63) is 65.7 Å². The summed E-state index contributed by atoms with van der Waals surface area (Å²) in [5, 5.41) is 0. The largest absolute Gasteiger partial charge is 0.490 e. The summed E-state index contributed by atoms with van der Waals surface area (Å²) in [5.41, 5.74) is 2.80. The van der Waals surface area contributed by atoms with Gasteiger partial charge in [0.2, 0.25) is 0 Å². The van der Waals surface area contributed by atoms with E-state index in [2.05, 4.69) is 52.0 Å². The van der Waals surface area contributed by atoms with E-state index in [0.717, 1.165) is 12.2 Å². The fourth-order valence-electron chi connectivity index (χ4n) is 2.58. The molecule has 0 aliphatic heterocycles. The fraction of sp³-hybridized carbons (Fsp3) is 0.429. The van der Waals surface area contributed by atoms with Crippen LogP contribution in [-0.2, 0) is 6.42 Å². The van der Waals surface area contributed by atoms with Crippen molar-refractivity contribution >= 4 is 0 Å². The lowest BCUT2D eigenvalue weighted by Gasteiger charge is -2.23. The van der Waals surface area contributed by atoms with Crippen LogP contribution in [0.4, 0.5) is 0 Å². The molecular weight excluding hydrogens is 268 g/mol. The molecule has 2 unspecified atom stereocenters. The van der Waals surface area contributed by atoms with E-state index in [9.17, 15) is 0 Å². The molecule has 22 heavy (non-hydrogen) atoms. The molecule has 2 aromatic carbocycles. The van der Waals surface area contributed by atoms with Crippen molar-refractivity contribution in [2.24, 2.45) is 5.92 Å². The van der Waals surface area contributed by atoms with Crippen molar-refractivity contribution in [3.8, 4) is 5.75 Å². The van der Waals surface area contributed by atoms with E-state index in [4.69, 9.17) is 4.74 Å². The Kier molecular flexibility index (Phi) is 6.06. The van der Waals surface area contributed by atoms with Crippen LogP contribution in [0.5, 0.6) is 5.75 Å². The lowest BCUT2D eigenvalue weighted by molar-refractivity contribution is 0.151. The van der Waals surface area contributed by atoms with Gasteiger partial charge in [-0.3, -0.25) is 0 Å². The standard InChI is InChI=1S/C21H28O/c1-5-17(4)19-11-9-10-18(14-19)15-21(16(2)3)22-20-12-7-6-8-13-20/h6-14,16-17,21H,5,15H2,1-4H3. The van der Waals surface area contributed by atoms with Gasteiger partial charge in [-0.15, -0.1) is 0 Å². The first-order valence-corrected chi connectivity index (χ1v) is 8.40. The van der Waals surface area contributed by atoms with Gasteiger partial charge in [0.25, 0.3) is 0 Å². The van der Waals surface area contributed by atoms with Crippen LogP contribution < -0.4 is 4.74 Å². The average molecular weight is 296 g/mol. The van der Waals surface area contributed by atoms with Crippen molar-refractivity contribution in [1.29, 1.82) is 0 Å². The van der Waals surface area contributed by atoms with Gasteiger partial charge in [-0.05, 0) is 41.5 Å². The maximum atomic E-state index is 6.21. The van der Waals surface area contributed by atoms with Crippen molar-refractivity contribution in [2.75, 3.05) is 0 Å². The van der Waals surface area contributed by atoms with Gasteiger partial charge < -0.3 is 4.74 Å². The Labute approximate surface area is 135 Å². The molecule has 0 spiro atoms. The molecule has 0 aliphatic carbocycles. The van der Waals surface area contributed by atoms with Crippen molar-refractivity contribution < 1.29 is 4.74 Å². The normalized spacial score (nSPS) is 13.9. The Hall–Kier alpha value is -1.76. The molecule has 0 amide bonds. The number of ether oxygens (including phenoxy) is 1. The molecule has 0 heterocycles. The summed E-state index contributed by atoms with van der Waals surface area (Å²) in [6.07, 6.45) is 2.34. The summed E-state index contributed by atoms with van der Waals surface area (Å²) < 4.78 is 6.21. The lowest BCUT2D eigenvalue weighted by Crippen LogP contribution is -2.25. The summed E-state index contributed by atoms with van der Waals surface area (Å²) in [6.45, 7) is 8.99. The van der Waals surface area contributed by atoms with Crippen LogP contribution in [0.25, 0.3) is 0 Å². The minimum Gasteiger partial charge on any atom is -0.490 e. The van der Waals surface area contributed by atoms with E-state index >= 15 is 0 Å². The molecule has 0 fully saturated rings. The summed E-state index contributed by atoms with van der Waals surface area (Å²) >= 11 is 0. The molecule has 0 aromatic heterocycles. The third kappa shape index (κ3) is 4.62. The molecule has 0 N–H and O–H groups in total. The van der Waals surface area contributed by atoms with E-state index in [1.165, 1.54) is 17.5 Å². The first kappa shape index (κ1) is 16.6. The monoisotopic (exact) mass is 296 g/mol. The summed E-state index contributed by atoms with van der Waals surface area (Å²) in [4.78, 5) is 0. The molecule has 2 aromatic rings. The molecule has 1 heteroatoms. The first-order valence-electron chi connectivity index (χ1n) is 8.40. The Morgan fingerprint density at radius 1 is 0.909 bits per heavy atom. The Morgan fingerprint density at radius 3 is 2.27 bits per heavy atom. The lowest BCUT2D eigenvalue weighted by atomic mass is 9.93. The highest BCUT2D eigenvalue weighted by atomic mass is 16.5. The minimum atomic E-state index is 0.203. The molecule has 0 radical (unpaired) electrons. The number of hydrogen-bond donors (Lipinski definition) is 0. The number of rotatable bonds is 7. The van der Waals surface area contributed by atoms with Crippen LogP contribution in [0, 0.1) is 5.92 Å². The minimum absolute atomic E-state index is 0.203. The summed E-state index contributed by atoms with van der Waals surface area (Å²) in [6, 6.07) is 19.1. The molecule has 0 saturated heterocycles. The van der Waals surface area contributed by atoms with Crippen molar-refractivity contribution in [1.82, 2.24) is 0 Å². The van der Waals surface area contributed by atoms with Crippen LogP contribution in [0.2, 0.25) is 0 Å². The van der Waals surface area contributed by atoms with Crippen LogP contribution in [0.1, 0.15) is 51.2 Å². The van der Waals surface area contributed by atoms with Crippen LogP contribution >= 0.6 is 0 Å². The van der Waals surface area contributed by atoms with E-state index in [1.54, 1.807) is 0 Å². The second kappa shape index (κ2) is 8.03. The molecule has 2 rings (SSSR count). The second-order valence-electron chi connectivity index (χ2n) is 6.47. The predicted molar refractivity (Wildman–Crippen MR) is 94.5 cm³/mol. The maximum Gasteiger partial charge on any atom is 0.119 e. The Balaban J connectivity index is 2.11. The number of para-hydroxylation sites is 1. The van der Waals surface area contributed by atoms with Crippen molar-refractivity contribution in [2.45, 2.75) is 52.6 Å². The zero-order chi connectivity index (χ0) is 15.9. The van der Waals surface area contributed by atoms with Gasteiger partial charge in [-0.2, -0.15) is 0 Å². The highest BCUT2D eigenvalue weighted by Crippen LogP contribution is 2.23. The average Bonchev–Trinajstić information content (AvgIpc) is 2.54. The molecule has 0 saturated carbocycles. The Bertz CT molecular complexity index is 559. The SMILES string of the molecule is CCC(C)c1cccc(CC(Oc2ccccc2)C(C)C)c1. The molecule has 0 bridgehead atoms. The van der Waals surface area contributed by atoms with Gasteiger partial charge in [-0.25, -0.2) is 0 Å². The Morgan fingerprint density at radius 2 is 1.64 bits per heavy atom. The van der Waals surface area contributed by atoms with E-state index in [-0.39, 0.29) is 6.10 Å². The molecule has 0 aliphatic rings. The maximum absolute atomic E-state index is 6.21. The number of hydrogen-bond acceptors (Lipinski definition) is 1. The molecule has 2 atom stereocenters. The van der Waals surface area contributed by atoms with E-state index in [1.807, 2.05) is 30.3 Å². The topological polar surface area (TPSA) is 9.23 Å². The third-order valence-corrected chi connectivity index (χ3v) is 4.34. The zero-order valence-corrected chi connectivity index (χ0v) is 14.3. The highest BCUT2D eigenvalue weighted by Gasteiger charge is 2.16. The first-order chi connectivity index (χ1) is 10.6. The quantitative estimate of drug-likeness (QED) is 0.623. The van der Waals surface area contributed by atoms with Gasteiger partial charge in [0.1, 0.15) is 11.9 Å². The third-order valence-electron chi connectivity index (χ3n) is 4.34. The van der Waals surface area contributed by atoms with E-state index in [0.29, 0.717) is 11.8 Å². The second-order valence-corrected chi connectivity index (χ2v) is 6.47. The molecular formula is C21H28O.